The summed E-state index contributed by atoms with van der Waals surface area (Å²) in [7, 11) is 0. The van der Waals surface area contributed by atoms with Gasteiger partial charge in [-0.3, -0.25) is 29.7 Å². The van der Waals surface area contributed by atoms with Crippen LogP contribution < -0.4 is 21.3 Å². The third-order valence-electron chi connectivity index (χ3n) is 9.83. The lowest BCUT2D eigenvalue weighted by molar-refractivity contribution is 0.0687. The van der Waals surface area contributed by atoms with Crippen molar-refractivity contribution >= 4 is 11.9 Å². The van der Waals surface area contributed by atoms with Crippen molar-refractivity contribution in [2.45, 2.75) is 51.4 Å². The van der Waals surface area contributed by atoms with Gasteiger partial charge in [-0.2, -0.15) is 15.3 Å². The summed E-state index contributed by atoms with van der Waals surface area (Å²) in [6, 6.07) is 32.1. The fourth-order valence-electron chi connectivity index (χ4n) is 6.48. The Morgan fingerprint density at radius 1 is 0.478 bits per heavy atom. The highest BCUT2D eigenvalue weighted by Crippen LogP contribution is 2.15. The monoisotopic (exact) mass is 918 g/mol. The van der Waals surface area contributed by atoms with Crippen molar-refractivity contribution in [1.82, 2.24) is 40.8 Å². The zero-order chi connectivity index (χ0) is 47.7. The number of nitrogens with zero attached hydrogens (tertiary/aromatic N) is 3. The number of H-pyrrole nitrogens is 5. The summed E-state index contributed by atoms with van der Waals surface area (Å²) in [5, 5.41) is 32.8. The van der Waals surface area contributed by atoms with Gasteiger partial charge in [0.1, 0.15) is 23.3 Å². The lowest BCUT2D eigenvalue weighted by atomic mass is 10.1. The van der Waals surface area contributed by atoms with Gasteiger partial charge in [0.25, 0.3) is 0 Å². The second-order valence-corrected chi connectivity index (χ2v) is 14.9. The molecule has 4 aromatic heterocycles. The van der Waals surface area contributed by atoms with Gasteiger partial charge in [0.15, 0.2) is 17.1 Å². The van der Waals surface area contributed by atoms with Gasteiger partial charge >= 0.3 is 23.1 Å². The zero-order valence-electron chi connectivity index (χ0n) is 35.5. The number of ether oxygens (including phenoxy) is 1. The van der Waals surface area contributed by atoms with E-state index in [1.54, 1.807) is 12.1 Å². The van der Waals surface area contributed by atoms with E-state index in [1.165, 1.54) is 42.0 Å². The third-order valence-corrected chi connectivity index (χ3v) is 9.83. The molecule has 0 bridgehead atoms. The van der Waals surface area contributed by atoms with Crippen LogP contribution in [0.5, 0.6) is 5.75 Å². The number of halogens is 4. The summed E-state index contributed by atoms with van der Waals surface area (Å²) >= 11 is 0. The number of carboxylic acids is 1. The number of aromatic nitrogens is 8. The number of rotatable bonds is 15. The molecule has 0 fully saturated rings. The molecule has 6 N–H and O–H groups in total. The number of aryl methyl sites for hydroxylation is 8. The lowest BCUT2D eigenvalue weighted by Crippen LogP contribution is -2.27. The molecule has 0 saturated carbocycles. The first-order valence-electron chi connectivity index (χ1n) is 20.7. The number of nitrogens with one attached hydrogen (secondary N) is 5. The maximum atomic E-state index is 13.3. The van der Waals surface area contributed by atoms with Crippen molar-refractivity contribution in [3.63, 3.8) is 0 Å². The maximum Gasteiger partial charge on any atom is 0.364 e. The Hall–Kier alpha value is -8.48. The molecule has 0 aliphatic rings. The van der Waals surface area contributed by atoms with Gasteiger partial charge in [0.05, 0.1) is 5.69 Å². The first-order chi connectivity index (χ1) is 32.3. The van der Waals surface area contributed by atoms with Gasteiger partial charge in [-0.1, -0.05) is 60.7 Å². The molecule has 0 saturated heterocycles. The number of hydrogen-bond acceptors (Lipinski definition) is 9. The minimum absolute atomic E-state index is 0.0473. The maximum absolute atomic E-state index is 13.3. The van der Waals surface area contributed by atoms with Crippen LogP contribution in [0, 0.1) is 23.3 Å². The molecule has 15 nitrogen and oxygen atoms in total. The topological polar surface area (TPSA) is 232 Å². The van der Waals surface area contributed by atoms with Crippen LogP contribution in [-0.2, 0) is 51.4 Å². The zero-order valence-corrected chi connectivity index (χ0v) is 35.5. The van der Waals surface area contributed by atoms with E-state index < -0.39 is 51.8 Å². The summed E-state index contributed by atoms with van der Waals surface area (Å²) in [4.78, 5) is 57.0. The highest BCUT2D eigenvalue weighted by atomic mass is 19.1. The second-order valence-electron chi connectivity index (χ2n) is 14.9. The summed E-state index contributed by atoms with van der Waals surface area (Å²) in [5.41, 5.74) is 3.90. The average Bonchev–Trinajstić information content (AvgIpc) is 4.00. The Morgan fingerprint density at radius 3 is 1.46 bits per heavy atom. The minimum atomic E-state index is -0.998. The average molecular weight is 919 g/mol. The predicted octanol–water partition coefficient (Wildman–Crippen LogP) is 6.58. The normalized spacial score (nSPS) is 10.6. The number of esters is 1. The van der Waals surface area contributed by atoms with E-state index in [1.807, 2.05) is 48.5 Å². The van der Waals surface area contributed by atoms with Crippen LogP contribution in [0.2, 0.25) is 0 Å². The Kier molecular flexibility index (Phi) is 16.8. The van der Waals surface area contributed by atoms with Crippen molar-refractivity contribution in [3.05, 3.63) is 232 Å². The predicted molar refractivity (Wildman–Crippen MR) is 237 cm³/mol. The molecule has 0 spiro atoms. The van der Waals surface area contributed by atoms with E-state index in [9.17, 15) is 41.5 Å². The molecular formula is C48H42F4N8O7. The molecule has 4 aromatic carbocycles. The van der Waals surface area contributed by atoms with Crippen molar-refractivity contribution in [2.24, 2.45) is 0 Å². The van der Waals surface area contributed by atoms with Crippen LogP contribution in [-0.4, -0.2) is 57.8 Å². The molecule has 8 aromatic rings. The van der Waals surface area contributed by atoms with Crippen LogP contribution in [0.3, 0.4) is 0 Å². The van der Waals surface area contributed by atoms with E-state index in [0.717, 1.165) is 48.3 Å². The van der Waals surface area contributed by atoms with Crippen molar-refractivity contribution < 1.29 is 37.0 Å². The summed E-state index contributed by atoms with van der Waals surface area (Å²) < 4.78 is 57.7. The molecule has 0 radical (unpaired) electrons. The summed E-state index contributed by atoms with van der Waals surface area (Å²) in [5.74, 6) is -4.63. The van der Waals surface area contributed by atoms with Crippen LogP contribution in [0.25, 0.3) is 0 Å². The fourth-order valence-corrected chi connectivity index (χ4v) is 6.48. The number of aromatic carboxylic acids is 1. The number of carbonyl (C=O) groups excluding carboxylic acids is 1. The molecule has 8 rings (SSSR count). The first-order valence-corrected chi connectivity index (χ1v) is 20.7. The van der Waals surface area contributed by atoms with Crippen LogP contribution >= 0.6 is 0 Å². The van der Waals surface area contributed by atoms with Gasteiger partial charge in [-0.15, -0.1) is 0 Å². The van der Waals surface area contributed by atoms with Gasteiger partial charge in [0, 0.05) is 41.3 Å². The van der Waals surface area contributed by atoms with Crippen LogP contribution in [0.1, 0.15) is 66.0 Å². The Bertz CT molecular complexity index is 3060. The summed E-state index contributed by atoms with van der Waals surface area (Å²) in [6.45, 7) is 0. The van der Waals surface area contributed by atoms with Crippen molar-refractivity contribution in [2.75, 3.05) is 0 Å². The molecule has 0 aliphatic heterocycles. The number of carboxylic acid groups (broad SMARTS) is 1. The van der Waals surface area contributed by atoms with E-state index in [-0.39, 0.29) is 30.0 Å². The largest absolute Gasteiger partial charge is 0.476 e. The standard InChI is InChI=1S/C24H20F2N4O3.C12H10F2N2O2.C12H12N2O2/c25-17-10-16(11-18(26)12-17)7-9-20-14-22(23(31)30-28-20)33-24(32)21-13-19(27-29-21)8-6-15-4-2-1-3-5-15;13-8-3-7(4-9(14)5-8)1-2-10-6-11(17)12(18)16-15-10;15-12(16)11-8-10(13-14-11)7-6-9-4-2-1-3-5-9/h1-5,10-14H,6-9H2,(H,27,29)(H,30,31);3-6H,1-2H2,(H,15,17)(H,16,18);1-5,8H,6-7H2,(H,13,14)(H,15,16). The Balaban J connectivity index is 0.000000183. The van der Waals surface area contributed by atoms with E-state index in [4.69, 9.17) is 9.84 Å². The van der Waals surface area contributed by atoms with E-state index in [2.05, 4.69) is 52.9 Å². The highest BCUT2D eigenvalue weighted by molar-refractivity contribution is 5.89. The molecule has 67 heavy (non-hydrogen) atoms. The molecule has 344 valence electrons. The molecular weight excluding hydrogens is 877 g/mol. The van der Waals surface area contributed by atoms with Gasteiger partial charge < -0.3 is 14.9 Å². The number of benzene rings is 4. The number of hydrogen-bond donors (Lipinski definition) is 6. The van der Waals surface area contributed by atoms with Crippen LogP contribution in [0.4, 0.5) is 17.6 Å². The fraction of sp³-hybridized carbons (Fsp3) is 0.167. The van der Waals surface area contributed by atoms with Gasteiger partial charge in [-0.25, -0.2) is 32.2 Å². The Labute approximate surface area is 377 Å². The molecule has 19 heteroatoms. The lowest BCUT2D eigenvalue weighted by Gasteiger charge is -2.05. The Morgan fingerprint density at radius 2 is 0.955 bits per heavy atom. The first kappa shape index (κ1) is 48.0. The quantitative estimate of drug-likeness (QED) is 0.0367. The van der Waals surface area contributed by atoms with Gasteiger partial charge in [0.2, 0.25) is 5.43 Å². The van der Waals surface area contributed by atoms with E-state index in [0.29, 0.717) is 41.8 Å². The number of aromatic amines is 5. The highest BCUT2D eigenvalue weighted by Gasteiger charge is 2.17. The molecule has 4 heterocycles. The van der Waals surface area contributed by atoms with Gasteiger partial charge in [-0.05, 0) is 110 Å². The molecule has 0 amide bonds. The van der Waals surface area contributed by atoms with Crippen LogP contribution in [0.15, 0.2) is 136 Å². The second kappa shape index (κ2) is 23.4. The van der Waals surface area contributed by atoms with E-state index >= 15 is 0 Å². The number of carbonyl (C=O) groups is 2. The minimum Gasteiger partial charge on any atom is -0.476 e. The molecule has 0 atom stereocenters. The summed E-state index contributed by atoms with van der Waals surface area (Å²) in [6.07, 6.45) is 4.37. The smallest absolute Gasteiger partial charge is 0.364 e. The van der Waals surface area contributed by atoms with Crippen molar-refractivity contribution in [3.8, 4) is 5.75 Å². The third kappa shape index (κ3) is 15.3. The van der Waals surface area contributed by atoms with Crippen molar-refractivity contribution in [1.29, 1.82) is 0 Å². The SMILES string of the molecule is O=C(O)c1cc(CCc2ccccc2)[nH]n1.O=C(Oc1cc(CCc2cc(F)cc(F)c2)n[nH]c1=O)c1cc(CCc2ccccc2)[nH]n1.O=c1cc(CCc2cc(F)cc(F)c2)[nH][nH]c1=O. The molecule has 0 aliphatic carbocycles. The molecule has 0 unspecified atom stereocenters.